The number of ether oxygens (including phenoxy) is 1. The molecule has 106 valence electrons. The first-order valence-corrected chi connectivity index (χ1v) is 6.14. The maximum atomic E-state index is 12.1. The number of rotatable bonds is 3. The highest BCUT2D eigenvalue weighted by Crippen LogP contribution is 2.31. The molecule has 0 fully saturated rings. The van der Waals surface area contributed by atoms with Gasteiger partial charge in [-0.3, -0.25) is 0 Å². The summed E-state index contributed by atoms with van der Waals surface area (Å²) in [6.45, 7) is -0.797. The van der Waals surface area contributed by atoms with E-state index in [1.807, 2.05) is 0 Å². The van der Waals surface area contributed by atoms with Crippen molar-refractivity contribution in [3.05, 3.63) is 29.3 Å². The molecule has 2 atom stereocenters. The van der Waals surface area contributed by atoms with Gasteiger partial charge in [0.2, 0.25) is 0 Å². The van der Waals surface area contributed by atoms with Gasteiger partial charge in [0.15, 0.2) is 6.10 Å². The second-order valence-corrected chi connectivity index (χ2v) is 4.73. The zero-order valence-electron chi connectivity index (χ0n) is 10.3. The maximum absolute atomic E-state index is 12.1. The second-order valence-electron chi connectivity index (χ2n) is 4.73. The van der Waals surface area contributed by atoms with Gasteiger partial charge in [-0.05, 0) is 42.5 Å². The third kappa shape index (κ3) is 3.39. The van der Waals surface area contributed by atoms with Gasteiger partial charge in [0.05, 0.1) is 0 Å². The Bertz CT molecular complexity index is 448. The minimum atomic E-state index is -4.66. The number of halogens is 3. The van der Waals surface area contributed by atoms with Gasteiger partial charge in [-0.1, -0.05) is 6.07 Å². The van der Waals surface area contributed by atoms with Crippen LogP contribution in [-0.4, -0.2) is 24.0 Å². The number of benzene rings is 1. The van der Waals surface area contributed by atoms with Gasteiger partial charge in [0.25, 0.3) is 0 Å². The lowest BCUT2D eigenvalue weighted by Crippen LogP contribution is -2.34. The van der Waals surface area contributed by atoms with Crippen LogP contribution in [0.25, 0.3) is 0 Å². The van der Waals surface area contributed by atoms with Crippen LogP contribution in [0, 0.1) is 0 Å². The van der Waals surface area contributed by atoms with Gasteiger partial charge in [-0.15, -0.1) is 0 Å². The molecule has 1 aromatic rings. The molecule has 19 heavy (non-hydrogen) atoms. The van der Waals surface area contributed by atoms with Crippen LogP contribution < -0.4 is 10.5 Å². The van der Waals surface area contributed by atoms with Crippen LogP contribution in [-0.2, 0) is 6.42 Å². The van der Waals surface area contributed by atoms with Gasteiger partial charge in [0, 0.05) is 6.04 Å². The zero-order chi connectivity index (χ0) is 14.0. The van der Waals surface area contributed by atoms with Crippen LogP contribution in [0.3, 0.4) is 0 Å². The summed E-state index contributed by atoms with van der Waals surface area (Å²) >= 11 is 0. The predicted octanol–water partition coefficient (Wildman–Crippen LogP) is 2.32. The van der Waals surface area contributed by atoms with E-state index in [9.17, 15) is 13.2 Å². The van der Waals surface area contributed by atoms with Crippen molar-refractivity contribution in [3.63, 3.8) is 0 Å². The fourth-order valence-corrected chi connectivity index (χ4v) is 2.19. The van der Waals surface area contributed by atoms with Crippen molar-refractivity contribution in [1.82, 2.24) is 0 Å². The van der Waals surface area contributed by atoms with E-state index in [4.69, 9.17) is 15.6 Å². The lowest BCUT2D eigenvalue weighted by atomic mass is 9.88. The molecule has 6 heteroatoms. The highest BCUT2D eigenvalue weighted by molar-refractivity contribution is 5.38. The molecule has 2 unspecified atom stereocenters. The number of nitrogens with two attached hydrogens (primary N) is 1. The minimum Gasteiger partial charge on any atom is -0.491 e. The van der Waals surface area contributed by atoms with E-state index in [1.165, 1.54) is 0 Å². The molecule has 1 aromatic carbocycles. The lowest BCUT2D eigenvalue weighted by Gasteiger charge is -2.23. The summed E-state index contributed by atoms with van der Waals surface area (Å²) in [6.07, 6.45) is -4.40. The SMILES string of the molecule is NC1CCCc2cc(OCC(O)C(F)(F)F)ccc21. The molecule has 0 radical (unpaired) electrons. The highest BCUT2D eigenvalue weighted by Gasteiger charge is 2.38. The van der Waals surface area contributed by atoms with E-state index in [0.29, 0.717) is 5.75 Å². The molecule has 0 aliphatic heterocycles. The Morgan fingerprint density at radius 1 is 1.42 bits per heavy atom. The first-order chi connectivity index (χ1) is 8.88. The molecule has 1 aliphatic rings. The van der Waals surface area contributed by atoms with Crippen LogP contribution in [0.15, 0.2) is 18.2 Å². The Kier molecular flexibility index (Phi) is 4.01. The van der Waals surface area contributed by atoms with E-state index >= 15 is 0 Å². The average Bonchev–Trinajstić information content (AvgIpc) is 2.35. The van der Waals surface area contributed by atoms with Crippen LogP contribution >= 0.6 is 0 Å². The molecule has 0 saturated carbocycles. The molecule has 0 spiro atoms. The number of alkyl halides is 3. The number of hydrogen-bond donors (Lipinski definition) is 2. The van der Waals surface area contributed by atoms with Gasteiger partial charge in [-0.25, -0.2) is 0 Å². The fraction of sp³-hybridized carbons (Fsp3) is 0.538. The van der Waals surface area contributed by atoms with Crippen molar-refractivity contribution in [2.75, 3.05) is 6.61 Å². The third-order valence-electron chi connectivity index (χ3n) is 3.26. The zero-order valence-corrected chi connectivity index (χ0v) is 10.3. The van der Waals surface area contributed by atoms with Crippen molar-refractivity contribution in [2.24, 2.45) is 5.73 Å². The second kappa shape index (κ2) is 5.38. The molecular formula is C13H16F3NO2. The van der Waals surface area contributed by atoms with Gasteiger partial charge >= 0.3 is 6.18 Å². The summed E-state index contributed by atoms with van der Waals surface area (Å²) in [7, 11) is 0. The van der Waals surface area contributed by atoms with E-state index in [1.54, 1.807) is 18.2 Å². The van der Waals surface area contributed by atoms with Gasteiger partial charge in [0.1, 0.15) is 12.4 Å². The minimum absolute atomic E-state index is 0.0152. The first kappa shape index (κ1) is 14.1. The largest absolute Gasteiger partial charge is 0.491 e. The molecule has 0 saturated heterocycles. The quantitative estimate of drug-likeness (QED) is 0.890. The lowest BCUT2D eigenvalue weighted by molar-refractivity contribution is -0.210. The number of hydrogen-bond acceptors (Lipinski definition) is 3. The van der Waals surface area contributed by atoms with E-state index < -0.39 is 18.9 Å². The normalized spacial score (nSPS) is 20.8. The third-order valence-corrected chi connectivity index (χ3v) is 3.26. The molecule has 0 bridgehead atoms. The van der Waals surface area contributed by atoms with Crippen molar-refractivity contribution in [3.8, 4) is 5.75 Å². The van der Waals surface area contributed by atoms with E-state index in [0.717, 1.165) is 30.4 Å². The van der Waals surface area contributed by atoms with E-state index in [2.05, 4.69) is 0 Å². The summed E-state index contributed by atoms with van der Waals surface area (Å²) < 4.78 is 41.4. The molecule has 0 aromatic heterocycles. The Balaban J connectivity index is 2.03. The summed E-state index contributed by atoms with van der Waals surface area (Å²) in [5.74, 6) is 0.330. The molecule has 1 aliphatic carbocycles. The number of aryl methyl sites for hydroxylation is 1. The molecule has 3 nitrogen and oxygen atoms in total. The molecule has 3 N–H and O–H groups in total. The van der Waals surface area contributed by atoms with Gasteiger partial charge < -0.3 is 15.6 Å². The standard InChI is InChI=1S/C13H16F3NO2/c14-13(15,16)12(18)7-19-9-4-5-10-8(6-9)2-1-3-11(10)17/h4-6,11-12,18H,1-3,7,17H2. The Morgan fingerprint density at radius 2 is 2.16 bits per heavy atom. The molecule has 2 rings (SSSR count). The Morgan fingerprint density at radius 3 is 2.84 bits per heavy atom. The van der Waals surface area contributed by atoms with Crippen molar-refractivity contribution in [1.29, 1.82) is 0 Å². The van der Waals surface area contributed by atoms with Crippen LogP contribution in [0.4, 0.5) is 13.2 Å². The first-order valence-electron chi connectivity index (χ1n) is 6.14. The van der Waals surface area contributed by atoms with Crippen LogP contribution in [0.2, 0.25) is 0 Å². The van der Waals surface area contributed by atoms with Crippen LogP contribution in [0.5, 0.6) is 5.75 Å². The summed E-state index contributed by atoms with van der Waals surface area (Å²) in [5.41, 5.74) is 7.98. The molecule has 0 amide bonds. The Labute approximate surface area is 109 Å². The predicted molar refractivity (Wildman–Crippen MR) is 63.9 cm³/mol. The van der Waals surface area contributed by atoms with Gasteiger partial charge in [-0.2, -0.15) is 13.2 Å². The molecule has 0 heterocycles. The molecular weight excluding hydrogens is 259 g/mol. The number of aliphatic hydroxyl groups excluding tert-OH is 1. The van der Waals surface area contributed by atoms with Crippen LogP contribution in [0.1, 0.15) is 30.0 Å². The van der Waals surface area contributed by atoms with E-state index in [-0.39, 0.29) is 6.04 Å². The fourth-order valence-electron chi connectivity index (χ4n) is 2.19. The topological polar surface area (TPSA) is 55.5 Å². The van der Waals surface area contributed by atoms with Crippen molar-refractivity contribution in [2.45, 2.75) is 37.6 Å². The average molecular weight is 275 g/mol. The summed E-state index contributed by atoms with van der Waals surface area (Å²) in [5, 5.41) is 8.86. The maximum Gasteiger partial charge on any atom is 0.417 e. The van der Waals surface area contributed by atoms with Crippen molar-refractivity contribution < 1.29 is 23.0 Å². The number of fused-ring (bicyclic) bond motifs is 1. The monoisotopic (exact) mass is 275 g/mol. The van der Waals surface area contributed by atoms with Crippen molar-refractivity contribution >= 4 is 0 Å². The Hall–Kier alpha value is -1.27. The summed E-state index contributed by atoms with van der Waals surface area (Å²) in [4.78, 5) is 0. The smallest absolute Gasteiger partial charge is 0.417 e. The highest BCUT2D eigenvalue weighted by atomic mass is 19.4. The number of aliphatic hydroxyl groups is 1. The summed E-state index contributed by atoms with van der Waals surface area (Å²) in [6, 6.07) is 5.07.